The lowest BCUT2D eigenvalue weighted by Gasteiger charge is -2.14. The van der Waals surface area contributed by atoms with Gasteiger partial charge in [-0.1, -0.05) is 12.1 Å². The van der Waals surface area contributed by atoms with Crippen LogP contribution in [0, 0.1) is 0 Å². The first-order valence-corrected chi connectivity index (χ1v) is 11.2. The van der Waals surface area contributed by atoms with Gasteiger partial charge >= 0.3 is 12.3 Å². The fourth-order valence-corrected chi connectivity index (χ4v) is 3.79. The van der Waals surface area contributed by atoms with Crippen molar-refractivity contribution in [3.63, 3.8) is 0 Å². The van der Waals surface area contributed by atoms with Gasteiger partial charge in [-0.15, -0.1) is 13.2 Å². The zero-order valence-corrected chi connectivity index (χ0v) is 18.4. The van der Waals surface area contributed by atoms with Gasteiger partial charge in [0.05, 0.1) is 10.6 Å². The van der Waals surface area contributed by atoms with Gasteiger partial charge in [-0.05, 0) is 60.7 Å². The van der Waals surface area contributed by atoms with E-state index in [4.69, 9.17) is 9.84 Å². The van der Waals surface area contributed by atoms with E-state index in [1.807, 2.05) is 0 Å². The number of anilines is 1. The van der Waals surface area contributed by atoms with Gasteiger partial charge in [-0.25, -0.2) is 8.42 Å². The highest BCUT2D eigenvalue weighted by molar-refractivity contribution is 7.92. The molecule has 0 aliphatic carbocycles. The lowest BCUT2D eigenvalue weighted by Crippen LogP contribution is -2.29. The van der Waals surface area contributed by atoms with Crippen LogP contribution >= 0.6 is 0 Å². The standard InChI is InChI=1S/C22H17F3N2O7S/c23-22(24,25)34-16-9-7-15(8-10-16)33-19-4-2-1-3-18(19)27-35(31,32)17-11-5-14(6-12-17)21(30)26-13-20(28)29/h1-12,27H,13H2,(H,26,30)(H,28,29). The molecule has 35 heavy (non-hydrogen) atoms. The van der Waals surface area contributed by atoms with Crippen LogP contribution in [0.5, 0.6) is 17.2 Å². The zero-order valence-electron chi connectivity index (χ0n) is 17.6. The molecule has 0 saturated heterocycles. The molecule has 0 saturated carbocycles. The third-order valence-corrected chi connectivity index (χ3v) is 5.62. The second-order valence-electron chi connectivity index (χ2n) is 6.82. The Kier molecular flexibility index (Phi) is 7.49. The second kappa shape index (κ2) is 10.3. The molecule has 0 spiro atoms. The minimum Gasteiger partial charge on any atom is -0.480 e. The van der Waals surface area contributed by atoms with E-state index in [2.05, 4.69) is 14.8 Å². The van der Waals surface area contributed by atoms with Gasteiger partial charge in [0.15, 0.2) is 5.75 Å². The highest BCUT2D eigenvalue weighted by atomic mass is 32.2. The lowest BCUT2D eigenvalue weighted by atomic mass is 10.2. The average molecular weight is 510 g/mol. The van der Waals surface area contributed by atoms with Crippen molar-refractivity contribution in [2.75, 3.05) is 11.3 Å². The molecule has 0 aliphatic heterocycles. The van der Waals surface area contributed by atoms with Crippen molar-refractivity contribution in [3.8, 4) is 17.2 Å². The Morgan fingerprint density at radius 1 is 0.886 bits per heavy atom. The van der Waals surface area contributed by atoms with Gasteiger partial charge in [0.2, 0.25) is 0 Å². The van der Waals surface area contributed by atoms with Crippen LogP contribution in [0.1, 0.15) is 10.4 Å². The monoisotopic (exact) mass is 510 g/mol. The van der Waals surface area contributed by atoms with Crippen molar-refractivity contribution >= 4 is 27.6 Å². The number of aliphatic carboxylic acids is 1. The maximum atomic E-state index is 12.8. The number of para-hydroxylation sites is 2. The van der Waals surface area contributed by atoms with Crippen LogP contribution in [0.15, 0.2) is 77.7 Å². The van der Waals surface area contributed by atoms with Crippen LogP contribution < -0.4 is 19.5 Å². The summed E-state index contributed by atoms with van der Waals surface area (Å²) in [4.78, 5) is 22.2. The topological polar surface area (TPSA) is 131 Å². The molecule has 13 heteroatoms. The van der Waals surface area contributed by atoms with Gasteiger partial charge in [-0.2, -0.15) is 0 Å². The first-order chi connectivity index (χ1) is 16.4. The summed E-state index contributed by atoms with van der Waals surface area (Å²) < 4.78 is 74.3. The zero-order chi connectivity index (χ0) is 25.6. The van der Waals surface area contributed by atoms with Crippen molar-refractivity contribution in [3.05, 3.63) is 78.4 Å². The third-order valence-electron chi connectivity index (χ3n) is 4.24. The molecule has 3 aromatic carbocycles. The summed E-state index contributed by atoms with van der Waals surface area (Å²) in [5, 5.41) is 10.8. The third kappa shape index (κ3) is 7.37. The molecular weight excluding hydrogens is 493 g/mol. The number of rotatable bonds is 9. The average Bonchev–Trinajstić information content (AvgIpc) is 2.79. The second-order valence-corrected chi connectivity index (χ2v) is 8.51. The molecule has 0 aromatic heterocycles. The smallest absolute Gasteiger partial charge is 0.480 e. The number of carboxylic acids is 1. The van der Waals surface area contributed by atoms with E-state index in [9.17, 15) is 31.2 Å². The van der Waals surface area contributed by atoms with E-state index in [-0.39, 0.29) is 27.6 Å². The molecule has 0 aliphatic rings. The van der Waals surface area contributed by atoms with Gasteiger partial charge in [-0.3, -0.25) is 14.3 Å². The summed E-state index contributed by atoms with van der Waals surface area (Å²) in [5.74, 6) is -2.16. The largest absolute Gasteiger partial charge is 0.573 e. The maximum absolute atomic E-state index is 12.8. The molecule has 0 atom stereocenters. The summed E-state index contributed by atoms with van der Waals surface area (Å²) in [6, 6.07) is 15.3. The van der Waals surface area contributed by atoms with Crippen molar-refractivity contribution in [1.29, 1.82) is 0 Å². The van der Waals surface area contributed by atoms with Crippen LogP contribution in [0.4, 0.5) is 18.9 Å². The molecule has 184 valence electrons. The Morgan fingerprint density at radius 2 is 1.49 bits per heavy atom. The highest BCUT2D eigenvalue weighted by Gasteiger charge is 2.31. The number of alkyl halides is 3. The highest BCUT2D eigenvalue weighted by Crippen LogP contribution is 2.32. The number of nitrogens with one attached hydrogen (secondary N) is 2. The van der Waals surface area contributed by atoms with Gasteiger partial charge < -0.3 is 19.9 Å². The fraction of sp³-hybridized carbons (Fsp3) is 0.0909. The Bertz CT molecular complexity index is 1310. The van der Waals surface area contributed by atoms with Crippen LogP contribution in [0.3, 0.4) is 0 Å². The maximum Gasteiger partial charge on any atom is 0.573 e. The van der Waals surface area contributed by atoms with E-state index in [0.717, 1.165) is 12.1 Å². The lowest BCUT2D eigenvalue weighted by molar-refractivity contribution is -0.274. The fourth-order valence-electron chi connectivity index (χ4n) is 2.72. The van der Waals surface area contributed by atoms with E-state index < -0.39 is 40.6 Å². The van der Waals surface area contributed by atoms with Gasteiger partial charge in [0, 0.05) is 5.56 Å². The molecule has 3 rings (SSSR count). The summed E-state index contributed by atoms with van der Waals surface area (Å²) >= 11 is 0. The molecule has 0 unspecified atom stereocenters. The number of benzene rings is 3. The molecule has 0 radical (unpaired) electrons. The predicted molar refractivity (Wildman–Crippen MR) is 117 cm³/mol. The summed E-state index contributed by atoms with van der Waals surface area (Å²) in [6.45, 7) is -0.588. The van der Waals surface area contributed by atoms with Crippen molar-refractivity contribution < 1.29 is 45.8 Å². The minimum atomic E-state index is -4.84. The van der Waals surface area contributed by atoms with Crippen molar-refractivity contribution in [2.45, 2.75) is 11.3 Å². The Labute approximate surface area is 197 Å². The van der Waals surface area contributed by atoms with Crippen molar-refractivity contribution in [1.82, 2.24) is 5.32 Å². The van der Waals surface area contributed by atoms with E-state index >= 15 is 0 Å². The number of sulfonamides is 1. The number of carboxylic acid groups (broad SMARTS) is 1. The number of halogens is 3. The van der Waals surface area contributed by atoms with Crippen LogP contribution in [-0.2, 0) is 14.8 Å². The quantitative estimate of drug-likeness (QED) is 0.397. The van der Waals surface area contributed by atoms with E-state index in [0.29, 0.717) is 0 Å². The summed E-state index contributed by atoms with van der Waals surface area (Å²) in [7, 11) is -4.12. The number of hydrogen-bond donors (Lipinski definition) is 3. The number of hydrogen-bond acceptors (Lipinski definition) is 6. The SMILES string of the molecule is O=C(O)CNC(=O)c1ccc(S(=O)(=O)Nc2ccccc2Oc2ccc(OC(F)(F)F)cc2)cc1. The molecule has 1 amide bonds. The van der Waals surface area contributed by atoms with E-state index in [1.54, 1.807) is 12.1 Å². The number of carbonyl (C=O) groups excluding carboxylic acids is 1. The summed E-state index contributed by atoms with van der Waals surface area (Å²) in [5.41, 5.74) is 0.110. The number of amides is 1. The Morgan fingerprint density at radius 3 is 2.09 bits per heavy atom. The molecule has 3 aromatic rings. The first kappa shape index (κ1) is 25.4. The molecule has 0 heterocycles. The molecular formula is C22H17F3N2O7S. The Balaban J connectivity index is 1.74. The van der Waals surface area contributed by atoms with Crippen LogP contribution in [0.2, 0.25) is 0 Å². The minimum absolute atomic E-state index is 0.0476. The van der Waals surface area contributed by atoms with Gasteiger partial charge in [0.25, 0.3) is 15.9 Å². The Hall–Kier alpha value is -4.26. The molecule has 9 nitrogen and oxygen atoms in total. The number of carbonyl (C=O) groups is 2. The molecule has 0 bridgehead atoms. The summed E-state index contributed by atoms with van der Waals surface area (Å²) in [6.07, 6.45) is -4.84. The normalized spacial score (nSPS) is 11.4. The van der Waals surface area contributed by atoms with Crippen LogP contribution in [0.25, 0.3) is 0 Å². The molecule has 0 fully saturated rings. The van der Waals surface area contributed by atoms with Gasteiger partial charge in [0.1, 0.15) is 18.0 Å². The number of ether oxygens (including phenoxy) is 2. The molecule has 3 N–H and O–H groups in total. The van der Waals surface area contributed by atoms with Crippen molar-refractivity contribution in [2.24, 2.45) is 0 Å². The van der Waals surface area contributed by atoms with E-state index in [1.165, 1.54) is 48.5 Å². The first-order valence-electron chi connectivity index (χ1n) is 9.68. The predicted octanol–water partition coefficient (Wildman–Crippen LogP) is 3.99. The van der Waals surface area contributed by atoms with Crippen LogP contribution in [-0.4, -0.2) is 38.3 Å².